The summed E-state index contributed by atoms with van der Waals surface area (Å²) < 4.78 is 1.22. The van der Waals surface area contributed by atoms with Crippen molar-refractivity contribution < 1.29 is 5.11 Å². The van der Waals surface area contributed by atoms with Gasteiger partial charge < -0.3 is 15.4 Å². The smallest absolute Gasteiger partial charge is 0.126 e. The number of piperidine rings is 1. The van der Waals surface area contributed by atoms with Gasteiger partial charge in [-0.05, 0) is 79.2 Å². The van der Waals surface area contributed by atoms with Crippen LogP contribution >= 0.6 is 11.3 Å². The van der Waals surface area contributed by atoms with Gasteiger partial charge in [-0.25, -0.2) is 0 Å². The fourth-order valence-corrected chi connectivity index (χ4v) is 5.73. The summed E-state index contributed by atoms with van der Waals surface area (Å²) in [4.78, 5) is 3.75. The van der Waals surface area contributed by atoms with E-state index in [0.717, 1.165) is 50.0 Å². The van der Waals surface area contributed by atoms with Gasteiger partial charge >= 0.3 is 0 Å². The van der Waals surface area contributed by atoms with Gasteiger partial charge in [-0.2, -0.15) is 5.10 Å². The molecule has 1 aromatic carbocycles. The van der Waals surface area contributed by atoms with Crippen molar-refractivity contribution in [2.45, 2.75) is 44.4 Å². The molecule has 1 fully saturated rings. The molecule has 0 saturated carbocycles. The first-order chi connectivity index (χ1) is 14.3. The van der Waals surface area contributed by atoms with E-state index in [4.69, 9.17) is 0 Å². The number of H-pyrrole nitrogens is 2. The number of benzene rings is 1. The summed E-state index contributed by atoms with van der Waals surface area (Å²) in [6, 6.07) is 8.95. The minimum absolute atomic E-state index is 0.233. The molecule has 4 heterocycles. The number of hydrogen-bond acceptors (Lipinski definition) is 4. The molecule has 1 aliphatic rings. The van der Waals surface area contributed by atoms with E-state index in [0.29, 0.717) is 11.8 Å². The van der Waals surface area contributed by atoms with Gasteiger partial charge in [0.05, 0.1) is 15.9 Å². The fraction of sp³-hybridized carbons (Fsp3) is 0.435. The molecule has 5 rings (SSSR count). The number of aliphatic hydroxyl groups is 1. The van der Waals surface area contributed by atoms with Crippen molar-refractivity contribution in [2.24, 2.45) is 0 Å². The van der Waals surface area contributed by atoms with Gasteiger partial charge in [0.1, 0.15) is 5.69 Å². The Labute approximate surface area is 174 Å². The number of aromatic nitrogens is 3. The third-order valence-electron chi connectivity index (χ3n) is 6.46. The third kappa shape index (κ3) is 3.29. The first kappa shape index (κ1) is 18.9. The Balaban J connectivity index is 1.68. The van der Waals surface area contributed by atoms with E-state index < -0.39 is 0 Å². The zero-order valence-corrected chi connectivity index (χ0v) is 17.6. The molecule has 1 atom stereocenters. The number of rotatable bonds is 6. The topological polar surface area (TPSA) is 76.7 Å². The zero-order valence-electron chi connectivity index (χ0n) is 16.8. The van der Waals surface area contributed by atoms with Gasteiger partial charge in [-0.3, -0.25) is 5.10 Å². The number of fused-ring (bicyclic) bond motifs is 2. The van der Waals surface area contributed by atoms with Crippen molar-refractivity contribution in [1.82, 2.24) is 20.5 Å². The van der Waals surface area contributed by atoms with E-state index in [2.05, 4.69) is 57.1 Å². The van der Waals surface area contributed by atoms with Gasteiger partial charge in [0.15, 0.2) is 0 Å². The highest BCUT2D eigenvalue weighted by Gasteiger charge is 2.26. The average Bonchev–Trinajstić information content (AvgIpc) is 3.46. The molecule has 6 heteroatoms. The van der Waals surface area contributed by atoms with E-state index in [9.17, 15) is 5.11 Å². The van der Waals surface area contributed by atoms with E-state index in [1.54, 1.807) is 11.3 Å². The lowest BCUT2D eigenvalue weighted by molar-refractivity contribution is 0.274. The molecule has 1 unspecified atom stereocenters. The number of nitrogens with zero attached hydrogens (tertiary/aromatic N) is 1. The lowest BCUT2D eigenvalue weighted by atomic mass is 9.86. The fourth-order valence-electron chi connectivity index (χ4n) is 4.89. The van der Waals surface area contributed by atoms with Gasteiger partial charge in [0.2, 0.25) is 0 Å². The van der Waals surface area contributed by atoms with Crippen molar-refractivity contribution in [3.63, 3.8) is 0 Å². The monoisotopic (exact) mass is 408 g/mol. The van der Waals surface area contributed by atoms with Crippen LogP contribution in [-0.2, 0) is 0 Å². The summed E-state index contributed by atoms with van der Waals surface area (Å²) in [5.41, 5.74) is 7.24. The quantitative estimate of drug-likeness (QED) is 0.358. The van der Waals surface area contributed by atoms with Crippen LogP contribution in [0.3, 0.4) is 0 Å². The van der Waals surface area contributed by atoms with Crippen LogP contribution in [0, 0.1) is 0 Å². The van der Waals surface area contributed by atoms with Crippen LogP contribution < -0.4 is 5.32 Å². The summed E-state index contributed by atoms with van der Waals surface area (Å²) in [5, 5.41) is 24.3. The summed E-state index contributed by atoms with van der Waals surface area (Å²) in [6.07, 6.45) is 4.16. The lowest BCUT2D eigenvalue weighted by Crippen LogP contribution is -2.26. The molecule has 4 aromatic rings. The predicted molar refractivity (Wildman–Crippen MR) is 121 cm³/mol. The molecule has 3 aromatic heterocycles. The van der Waals surface area contributed by atoms with E-state index in [1.807, 2.05) is 0 Å². The second kappa shape index (κ2) is 7.94. The molecule has 5 nitrogen and oxygen atoms in total. The van der Waals surface area contributed by atoms with Crippen LogP contribution in [0.15, 0.2) is 29.6 Å². The molecule has 0 spiro atoms. The summed E-state index contributed by atoms with van der Waals surface area (Å²) >= 11 is 1.75. The molecular weight excluding hydrogens is 380 g/mol. The van der Waals surface area contributed by atoms with Crippen LogP contribution in [0.1, 0.15) is 55.6 Å². The van der Waals surface area contributed by atoms with Crippen molar-refractivity contribution in [2.75, 3.05) is 19.7 Å². The number of thiophene rings is 1. The Bertz CT molecular complexity index is 1120. The van der Waals surface area contributed by atoms with E-state index in [1.165, 1.54) is 32.4 Å². The van der Waals surface area contributed by atoms with Crippen molar-refractivity contribution in [3.05, 3.63) is 40.8 Å². The van der Waals surface area contributed by atoms with Gasteiger partial charge in [0, 0.05) is 17.5 Å². The summed E-state index contributed by atoms with van der Waals surface area (Å²) in [7, 11) is 0. The van der Waals surface area contributed by atoms with Crippen molar-refractivity contribution in [1.29, 1.82) is 0 Å². The molecule has 4 N–H and O–H groups in total. The van der Waals surface area contributed by atoms with Crippen LogP contribution in [0.4, 0.5) is 0 Å². The Morgan fingerprint density at radius 2 is 2.07 bits per heavy atom. The van der Waals surface area contributed by atoms with Crippen molar-refractivity contribution in [3.8, 4) is 11.4 Å². The second-order valence-electron chi connectivity index (χ2n) is 8.10. The van der Waals surface area contributed by atoms with E-state index in [-0.39, 0.29) is 6.61 Å². The summed E-state index contributed by atoms with van der Waals surface area (Å²) in [6.45, 7) is 4.56. The molecule has 0 amide bonds. The SMILES string of the molecule is CCC(CCO)c1ccc2c(C3CCNCC3)c(-c3n[nH]c4ccsc34)[nH]c2c1. The lowest BCUT2D eigenvalue weighted by Gasteiger charge is -2.23. The van der Waals surface area contributed by atoms with Crippen LogP contribution in [0.2, 0.25) is 0 Å². The molecular formula is C23H28N4OS. The van der Waals surface area contributed by atoms with E-state index >= 15 is 0 Å². The Morgan fingerprint density at radius 1 is 1.21 bits per heavy atom. The molecule has 0 radical (unpaired) electrons. The predicted octanol–water partition coefficient (Wildman–Crippen LogP) is 5.12. The maximum Gasteiger partial charge on any atom is 0.126 e. The molecule has 29 heavy (non-hydrogen) atoms. The molecule has 152 valence electrons. The van der Waals surface area contributed by atoms with Gasteiger partial charge in [-0.1, -0.05) is 19.1 Å². The van der Waals surface area contributed by atoms with Gasteiger partial charge in [0.25, 0.3) is 0 Å². The summed E-state index contributed by atoms with van der Waals surface area (Å²) in [5.74, 6) is 0.935. The minimum atomic E-state index is 0.233. The number of hydrogen-bond donors (Lipinski definition) is 4. The van der Waals surface area contributed by atoms with Crippen LogP contribution in [0.25, 0.3) is 32.5 Å². The number of nitrogens with one attached hydrogen (secondary N) is 3. The first-order valence-corrected chi connectivity index (χ1v) is 11.6. The largest absolute Gasteiger partial charge is 0.396 e. The maximum atomic E-state index is 9.44. The van der Waals surface area contributed by atoms with Gasteiger partial charge in [-0.15, -0.1) is 11.3 Å². The normalized spacial score (nSPS) is 16.8. The average molecular weight is 409 g/mol. The molecule has 1 aliphatic heterocycles. The highest BCUT2D eigenvalue weighted by Crippen LogP contribution is 2.42. The van der Waals surface area contributed by atoms with Crippen LogP contribution in [-0.4, -0.2) is 40.0 Å². The number of aliphatic hydroxyl groups excluding tert-OH is 1. The Morgan fingerprint density at radius 3 is 2.86 bits per heavy atom. The third-order valence-corrected chi connectivity index (χ3v) is 7.38. The highest BCUT2D eigenvalue weighted by atomic mass is 32.1. The number of aromatic amines is 2. The maximum absolute atomic E-state index is 9.44. The second-order valence-corrected chi connectivity index (χ2v) is 9.01. The Kier molecular flexibility index (Phi) is 5.16. The van der Waals surface area contributed by atoms with Crippen LogP contribution in [0.5, 0.6) is 0 Å². The molecule has 1 saturated heterocycles. The molecule has 0 bridgehead atoms. The standard InChI is InChI=1S/C23H28N4OS/c1-2-14(7-11-28)16-3-4-17-19(13-16)25-21(20(17)15-5-9-24-10-6-15)22-23-18(26-27-22)8-12-29-23/h3-4,8,12-15,24-25,28H,2,5-7,9-11H2,1H3,(H,26,27). The van der Waals surface area contributed by atoms with Crippen molar-refractivity contribution >= 4 is 32.5 Å². The highest BCUT2D eigenvalue weighted by molar-refractivity contribution is 7.17. The zero-order chi connectivity index (χ0) is 19.8. The Hall–Kier alpha value is -2.15. The first-order valence-electron chi connectivity index (χ1n) is 10.7. The minimum Gasteiger partial charge on any atom is -0.396 e. The molecule has 0 aliphatic carbocycles.